The first kappa shape index (κ1) is 17.5. The van der Waals surface area contributed by atoms with Gasteiger partial charge in [0.05, 0.1) is 31.4 Å². The van der Waals surface area contributed by atoms with Crippen LogP contribution in [0.3, 0.4) is 0 Å². The SMILES string of the molecule is COc1ccc([C@H]2C(C#N)=C(N)Oc3n[nH]c(-c4cccc(OC)c4)c32)cc1. The number of nitrogens with two attached hydrogens (primary N) is 1. The third-order valence-electron chi connectivity index (χ3n) is 4.75. The number of methoxy groups -OCH3 is 2. The number of fused-ring (bicyclic) bond motifs is 1. The van der Waals surface area contributed by atoms with Crippen LogP contribution in [0.2, 0.25) is 0 Å². The summed E-state index contributed by atoms with van der Waals surface area (Å²) in [6, 6.07) is 17.3. The predicted molar refractivity (Wildman–Crippen MR) is 103 cm³/mol. The van der Waals surface area contributed by atoms with Crippen molar-refractivity contribution in [1.29, 1.82) is 5.26 Å². The molecule has 7 nitrogen and oxygen atoms in total. The molecule has 0 saturated heterocycles. The minimum atomic E-state index is -0.417. The van der Waals surface area contributed by atoms with Crippen molar-refractivity contribution in [3.8, 4) is 34.7 Å². The number of rotatable bonds is 4. The van der Waals surface area contributed by atoms with E-state index in [-0.39, 0.29) is 5.88 Å². The molecule has 0 bridgehead atoms. The van der Waals surface area contributed by atoms with E-state index in [2.05, 4.69) is 16.3 Å². The summed E-state index contributed by atoms with van der Waals surface area (Å²) in [5.74, 6) is 1.44. The van der Waals surface area contributed by atoms with Gasteiger partial charge in [0.25, 0.3) is 0 Å². The highest BCUT2D eigenvalue weighted by atomic mass is 16.5. The van der Waals surface area contributed by atoms with E-state index in [1.807, 2.05) is 48.5 Å². The largest absolute Gasteiger partial charge is 0.497 e. The number of benzene rings is 2. The summed E-state index contributed by atoms with van der Waals surface area (Å²) in [7, 11) is 3.22. The van der Waals surface area contributed by atoms with Gasteiger partial charge in [0.1, 0.15) is 23.1 Å². The first-order valence-corrected chi connectivity index (χ1v) is 8.60. The maximum Gasteiger partial charge on any atom is 0.244 e. The Bertz CT molecular complexity index is 1090. The minimum Gasteiger partial charge on any atom is -0.497 e. The van der Waals surface area contributed by atoms with Crippen LogP contribution in [-0.4, -0.2) is 24.4 Å². The Kier molecular flexibility index (Phi) is 4.38. The lowest BCUT2D eigenvalue weighted by Gasteiger charge is -2.24. The summed E-state index contributed by atoms with van der Waals surface area (Å²) >= 11 is 0. The minimum absolute atomic E-state index is 0.0551. The van der Waals surface area contributed by atoms with Crippen molar-refractivity contribution in [3.63, 3.8) is 0 Å². The van der Waals surface area contributed by atoms with Crippen molar-refractivity contribution in [2.75, 3.05) is 14.2 Å². The number of nitrogens with zero attached hydrogens (tertiary/aromatic N) is 2. The molecule has 0 unspecified atom stereocenters. The Balaban J connectivity index is 1.91. The summed E-state index contributed by atoms with van der Waals surface area (Å²) in [4.78, 5) is 0. The molecule has 0 saturated carbocycles. The lowest BCUT2D eigenvalue weighted by molar-refractivity contribution is 0.379. The molecule has 3 N–H and O–H groups in total. The molecule has 4 rings (SSSR count). The van der Waals surface area contributed by atoms with Gasteiger partial charge in [-0.3, -0.25) is 5.10 Å². The number of nitriles is 1. The molecule has 1 aromatic heterocycles. The summed E-state index contributed by atoms with van der Waals surface area (Å²) in [6.07, 6.45) is 0. The van der Waals surface area contributed by atoms with Gasteiger partial charge in [-0.15, -0.1) is 5.10 Å². The lowest BCUT2D eigenvalue weighted by atomic mass is 9.83. The molecule has 28 heavy (non-hydrogen) atoms. The van der Waals surface area contributed by atoms with Crippen LogP contribution in [0, 0.1) is 11.3 Å². The molecule has 7 heteroatoms. The molecular weight excluding hydrogens is 356 g/mol. The van der Waals surface area contributed by atoms with Crippen LogP contribution in [0.5, 0.6) is 17.4 Å². The number of nitrogens with one attached hydrogen (secondary N) is 1. The number of H-pyrrole nitrogens is 1. The second kappa shape index (κ2) is 7.00. The fourth-order valence-corrected chi connectivity index (χ4v) is 3.37. The summed E-state index contributed by atoms with van der Waals surface area (Å²) in [5, 5.41) is 17.1. The smallest absolute Gasteiger partial charge is 0.244 e. The zero-order chi connectivity index (χ0) is 19.7. The van der Waals surface area contributed by atoms with Gasteiger partial charge >= 0.3 is 0 Å². The highest BCUT2D eigenvalue weighted by Gasteiger charge is 2.35. The van der Waals surface area contributed by atoms with Crippen molar-refractivity contribution in [3.05, 3.63) is 71.1 Å². The quantitative estimate of drug-likeness (QED) is 0.726. The molecule has 0 amide bonds. The second-order valence-corrected chi connectivity index (χ2v) is 6.25. The third-order valence-corrected chi connectivity index (χ3v) is 4.75. The van der Waals surface area contributed by atoms with E-state index in [0.717, 1.165) is 28.1 Å². The second-order valence-electron chi connectivity index (χ2n) is 6.25. The average molecular weight is 374 g/mol. The van der Waals surface area contributed by atoms with Gasteiger partial charge in [0.2, 0.25) is 11.8 Å². The van der Waals surface area contributed by atoms with E-state index in [1.165, 1.54) is 0 Å². The molecule has 2 aromatic carbocycles. The summed E-state index contributed by atoms with van der Waals surface area (Å²) in [5.41, 5.74) is 9.61. The lowest BCUT2D eigenvalue weighted by Crippen LogP contribution is -2.20. The molecule has 140 valence electrons. The fourth-order valence-electron chi connectivity index (χ4n) is 3.37. The Hall–Kier alpha value is -3.92. The zero-order valence-electron chi connectivity index (χ0n) is 15.4. The third kappa shape index (κ3) is 2.81. The Morgan fingerprint density at radius 2 is 1.86 bits per heavy atom. The Morgan fingerprint density at radius 3 is 2.54 bits per heavy atom. The summed E-state index contributed by atoms with van der Waals surface area (Å²) in [6.45, 7) is 0. The number of allylic oxidation sites excluding steroid dienone is 1. The monoisotopic (exact) mass is 374 g/mol. The molecule has 0 aliphatic carbocycles. The molecule has 0 radical (unpaired) electrons. The molecule has 1 aliphatic rings. The van der Waals surface area contributed by atoms with Crippen molar-refractivity contribution in [1.82, 2.24) is 10.2 Å². The van der Waals surface area contributed by atoms with Crippen molar-refractivity contribution in [2.24, 2.45) is 5.73 Å². The van der Waals surface area contributed by atoms with Crippen LogP contribution in [0.15, 0.2) is 60.0 Å². The van der Waals surface area contributed by atoms with E-state index >= 15 is 0 Å². The number of ether oxygens (including phenoxy) is 3. The normalized spacial score (nSPS) is 15.4. The maximum atomic E-state index is 9.76. The molecule has 1 aliphatic heterocycles. The van der Waals surface area contributed by atoms with Gasteiger partial charge in [-0.25, -0.2) is 0 Å². The van der Waals surface area contributed by atoms with Gasteiger partial charge in [-0.05, 0) is 29.8 Å². The van der Waals surface area contributed by atoms with Crippen LogP contribution in [0.25, 0.3) is 11.3 Å². The first-order chi connectivity index (χ1) is 13.7. The molecule has 3 aromatic rings. The van der Waals surface area contributed by atoms with Crippen LogP contribution < -0.4 is 19.9 Å². The van der Waals surface area contributed by atoms with Gasteiger partial charge in [0, 0.05) is 5.56 Å². The van der Waals surface area contributed by atoms with Gasteiger partial charge in [-0.1, -0.05) is 24.3 Å². The predicted octanol–water partition coefficient (Wildman–Crippen LogP) is 3.31. The van der Waals surface area contributed by atoms with E-state index in [4.69, 9.17) is 19.9 Å². The van der Waals surface area contributed by atoms with Gasteiger partial charge in [0.15, 0.2) is 0 Å². The van der Waals surface area contributed by atoms with E-state index < -0.39 is 5.92 Å². The topological polar surface area (TPSA) is 106 Å². The Labute approximate surface area is 162 Å². The zero-order valence-corrected chi connectivity index (χ0v) is 15.4. The summed E-state index contributed by atoms with van der Waals surface area (Å²) < 4.78 is 16.2. The van der Waals surface area contributed by atoms with Crippen LogP contribution >= 0.6 is 0 Å². The van der Waals surface area contributed by atoms with Crippen molar-refractivity contribution < 1.29 is 14.2 Å². The maximum absolute atomic E-state index is 9.76. The van der Waals surface area contributed by atoms with Gasteiger partial charge in [-0.2, -0.15) is 5.26 Å². The fraction of sp³-hybridized carbons (Fsp3) is 0.143. The van der Waals surface area contributed by atoms with Gasteiger partial charge < -0.3 is 19.9 Å². The van der Waals surface area contributed by atoms with E-state index in [1.54, 1.807) is 14.2 Å². The van der Waals surface area contributed by atoms with E-state index in [0.29, 0.717) is 17.2 Å². The molecular formula is C21H18N4O3. The average Bonchev–Trinajstić information content (AvgIpc) is 3.16. The molecule has 0 spiro atoms. The number of hydrogen-bond donors (Lipinski definition) is 2. The highest BCUT2D eigenvalue weighted by molar-refractivity contribution is 5.71. The molecule has 2 heterocycles. The van der Waals surface area contributed by atoms with Crippen molar-refractivity contribution >= 4 is 0 Å². The Morgan fingerprint density at radius 1 is 1.11 bits per heavy atom. The molecule has 0 fully saturated rings. The number of aromatic nitrogens is 2. The van der Waals surface area contributed by atoms with E-state index in [9.17, 15) is 5.26 Å². The van der Waals surface area contributed by atoms with Crippen LogP contribution in [-0.2, 0) is 0 Å². The van der Waals surface area contributed by atoms with Crippen LogP contribution in [0.1, 0.15) is 17.0 Å². The first-order valence-electron chi connectivity index (χ1n) is 8.60. The molecule has 1 atom stereocenters. The number of hydrogen-bond acceptors (Lipinski definition) is 6. The van der Waals surface area contributed by atoms with Crippen molar-refractivity contribution in [2.45, 2.75) is 5.92 Å². The standard InChI is InChI=1S/C21H18N4O3/c1-26-14-8-6-12(7-9-14)17-16(11-22)20(23)28-21-18(17)19(24-25-21)13-4-3-5-15(10-13)27-2/h3-10,17H,23H2,1-2H3,(H,24,25)/t17-/m0/s1. The number of aromatic amines is 1. The van der Waals surface area contributed by atoms with Crippen LogP contribution in [0.4, 0.5) is 0 Å². The highest BCUT2D eigenvalue weighted by Crippen LogP contribution is 2.46.